The van der Waals surface area contributed by atoms with Gasteiger partial charge in [-0.15, -0.1) is 0 Å². The Labute approximate surface area is 140 Å². The van der Waals surface area contributed by atoms with Crippen LogP contribution in [0.5, 0.6) is 0 Å². The third-order valence-corrected chi connectivity index (χ3v) is 4.24. The van der Waals surface area contributed by atoms with Crippen molar-refractivity contribution in [3.05, 3.63) is 77.6 Å². The molecule has 0 saturated carbocycles. The maximum atomic E-state index is 12.9. The summed E-state index contributed by atoms with van der Waals surface area (Å²) in [5.41, 5.74) is 4.34. The van der Waals surface area contributed by atoms with Gasteiger partial charge >= 0.3 is 0 Å². The van der Waals surface area contributed by atoms with Crippen molar-refractivity contribution in [2.24, 2.45) is 0 Å². The van der Waals surface area contributed by atoms with E-state index < -0.39 is 5.95 Å². The molecule has 4 rings (SSSR count). The van der Waals surface area contributed by atoms with Crippen molar-refractivity contribution in [2.75, 3.05) is 6.54 Å². The SMILES string of the molecule is Fc1ccc(CN2CCc3nc(-c4ccccc4)ncc3C2)cn1. The Hall–Kier alpha value is -2.66. The number of hydrogen-bond donors (Lipinski definition) is 0. The maximum absolute atomic E-state index is 12.9. The monoisotopic (exact) mass is 320 g/mol. The van der Waals surface area contributed by atoms with E-state index in [1.807, 2.05) is 36.5 Å². The van der Waals surface area contributed by atoms with Crippen molar-refractivity contribution >= 4 is 0 Å². The first-order valence-electron chi connectivity index (χ1n) is 8.01. The van der Waals surface area contributed by atoms with E-state index in [2.05, 4.69) is 14.9 Å². The summed E-state index contributed by atoms with van der Waals surface area (Å²) >= 11 is 0. The van der Waals surface area contributed by atoms with Gasteiger partial charge in [0.1, 0.15) is 0 Å². The van der Waals surface area contributed by atoms with Crippen LogP contribution >= 0.6 is 0 Å². The van der Waals surface area contributed by atoms with Gasteiger partial charge in [0.05, 0.1) is 5.69 Å². The van der Waals surface area contributed by atoms with E-state index in [1.54, 1.807) is 12.3 Å². The second-order valence-corrected chi connectivity index (χ2v) is 5.98. The summed E-state index contributed by atoms with van der Waals surface area (Å²) in [6.45, 7) is 2.49. The lowest BCUT2D eigenvalue weighted by Gasteiger charge is -2.28. The van der Waals surface area contributed by atoms with Gasteiger partial charge in [0.25, 0.3) is 0 Å². The van der Waals surface area contributed by atoms with Crippen molar-refractivity contribution < 1.29 is 4.39 Å². The van der Waals surface area contributed by atoms with Gasteiger partial charge in [-0.05, 0) is 11.6 Å². The Morgan fingerprint density at radius 3 is 2.67 bits per heavy atom. The van der Waals surface area contributed by atoms with Gasteiger partial charge in [-0.1, -0.05) is 36.4 Å². The third kappa shape index (κ3) is 3.16. The van der Waals surface area contributed by atoms with Crippen molar-refractivity contribution in [3.63, 3.8) is 0 Å². The molecule has 120 valence electrons. The molecule has 0 radical (unpaired) electrons. The fourth-order valence-electron chi connectivity index (χ4n) is 2.99. The summed E-state index contributed by atoms with van der Waals surface area (Å²) in [5, 5.41) is 0. The first kappa shape index (κ1) is 14.9. The minimum Gasteiger partial charge on any atom is -0.294 e. The lowest BCUT2D eigenvalue weighted by molar-refractivity contribution is 0.242. The van der Waals surface area contributed by atoms with E-state index in [-0.39, 0.29) is 0 Å². The molecule has 0 atom stereocenters. The first-order valence-corrected chi connectivity index (χ1v) is 8.01. The highest BCUT2D eigenvalue weighted by molar-refractivity contribution is 5.54. The Kier molecular flexibility index (Phi) is 4.01. The highest BCUT2D eigenvalue weighted by atomic mass is 19.1. The van der Waals surface area contributed by atoms with Crippen molar-refractivity contribution in [3.8, 4) is 11.4 Å². The summed E-state index contributed by atoms with van der Waals surface area (Å²) in [6, 6.07) is 13.2. The molecular formula is C19H17FN4. The molecular weight excluding hydrogens is 303 g/mol. The molecule has 0 unspecified atom stereocenters. The second-order valence-electron chi connectivity index (χ2n) is 5.98. The number of rotatable bonds is 3. The van der Waals surface area contributed by atoms with E-state index in [0.717, 1.165) is 54.3 Å². The smallest absolute Gasteiger partial charge is 0.212 e. The van der Waals surface area contributed by atoms with Gasteiger partial charge in [0.15, 0.2) is 5.82 Å². The number of aromatic nitrogens is 3. The zero-order chi connectivity index (χ0) is 16.4. The summed E-state index contributed by atoms with van der Waals surface area (Å²) < 4.78 is 12.9. The number of fused-ring (bicyclic) bond motifs is 1. The van der Waals surface area contributed by atoms with Crippen molar-refractivity contribution in [2.45, 2.75) is 19.5 Å². The van der Waals surface area contributed by atoms with Crippen LogP contribution in [0.15, 0.2) is 54.9 Å². The molecule has 0 spiro atoms. The van der Waals surface area contributed by atoms with Gasteiger partial charge in [-0.25, -0.2) is 15.0 Å². The van der Waals surface area contributed by atoms with Crippen molar-refractivity contribution in [1.29, 1.82) is 0 Å². The van der Waals surface area contributed by atoms with Crippen LogP contribution in [0.4, 0.5) is 4.39 Å². The second kappa shape index (κ2) is 6.45. The van der Waals surface area contributed by atoms with Crippen LogP contribution in [0.3, 0.4) is 0 Å². The molecule has 2 aromatic heterocycles. The largest absolute Gasteiger partial charge is 0.294 e. The first-order chi connectivity index (χ1) is 11.8. The normalized spacial score (nSPS) is 14.4. The number of pyridine rings is 1. The van der Waals surface area contributed by atoms with Crippen LogP contribution in [0.2, 0.25) is 0 Å². The average Bonchev–Trinajstić information content (AvgIpc) is 2.64. The number of halogens is 1. The van der Waals surface area contributed by atoms with Crippen molar-refractivity contribution in [1.82, 2.24) is 19.9 Å². The molecule has 4 nitrogen and oxygen atoms in total. The molecule has 1 aromatic carbocycles. The highest BCUT2D eigenvalue weighted by Gasteiger charge is 2.19. The Morgan fingerprint density at radius 2 is 1.88 bits per heavy atom. The minimum atomic E-state index is -0.440. The van der Waals surface area contributed by atoms with Crippen LogP contribution in [0.25, 0.3) is 11.4 Å². The summed E-state index contributed by atoms with van der Waals surface area (Å²) in [4.78, 5) is 15.3. The summed E-state index contributed by atoms with van der Waals surface area (Å²) in [6.07, 6.45) is 4.42. The van der Waals surface area contributed by atoms with Gasteiger partial charge in [-0.2, -0.15) is 4.39 Å². The van der Waals surface area contributed by atoms with Crippen LogP contribution in [-0.4, -0.2) is 26.4 Å². The molecule has 0 aliphatic carbocycles. The summed E-state index contributed by atoms with van der Waals surface area (Å²) in [5.74, 6) is 0.343. The number of benzene rings is 1. The molecule has 0 N–H and O–H groups in total. The van der Waals surface area contributed by atoms with Gasteiger partial charge < -0.3 is 0 Å². The quantitative estimate of drug-likeness (QED) is 0.695. The topological polar surface area (TPSA) is 41.9 Å². The Balaban J connectivity index is 1.50. The Morgan fingerprint density at radius 1 is 1.00 bits per heavy atom. The van der Waals surface area contributed by atoms with Crippen LogP contribution < -0.4 is 0 Å². The number of nitrogens with zero attached hydrogens (tertiary/aromatic N) is 4. The summed E-state index contributed by atoms with van der Waals surface area (Å²) in [7, 11) is 0. The predicted octanol–water partition coefficient (Wildman–Crippen LogP) is 3.24. The molecule has 3 heterocycles. The van der Waals surface area contributed by atoms with Crippen LogP contribution in [0.1, 0.15) is 16.8 Å². The highest BCUT2D eigenvalue weighted by Crippen LogP contribution is 2.21. The zero-order valence-electron chi connectivity index (χ0n) is 13.2. The zero-order valence-corrected chi connectivity index (χ0v) is 13.2. The lowest BCUT2D eigenvalue weighted by Crippen LogP contribution is -2.31. The molecule has 1 aliphatic heterocycles. The van der Waals surface area contributed by atoms with E-state index in [4.69, 9.17) is 4.98 Å². The standard InChI is InChI=1S/C19H17FN4/c20-18-7-6-14(10-21-18)12-24-9-8-17-16(13-24)11-22-19(23-17)15-4-2-1-3-5-15/h1-7,10-11H,8-9,12-13H2. The molecule has 0 amide bonds. The van der Waals surface area contributed by atoms with E-state index in [1.165, 1.54) is 6.07 Å². The number of hydrogen-bond acceptors (Lipinski definition) is 4. The Bertz CT molecular complexity index is 834. The molecule has 1 aliphatic rings. The molecule has 0 fully saturated rings. The van der Waals surface area contributed by atoms with E-state index in [0.29, 0.717) is 0 Å². The van der Waals surface area contributed by atoms with Crippen LogP contribution in [0, 0.1) is 5.95 Å². The van der Waals surface area contributed by atoms with E-state index >= 15 is 0 Å². The van der Waals surface area contributed by atoms with Gasteiger partial charge in [0, 0.05) is 49.6 Å². The molecule has 5 heteroatoms. The van der Waals surface area contributed by atoms with E-state index in [9.17, 15) is 4.39 Å². The lowest BCUT2D eigenvalue weighted by atomic mass is 10.1. The predicted molar refractivity (Wildman–Crippen MR) is 89.5 cm³/mol. The molecule has 24 heavy (non-hydrogen) atoms. The fourth-order valence-corrected chi connectivity index (χ4v) is 2.99. The molecule has 0 saturated heterocycles. The van der Waals surface area contributed by atoms with Crippen LogP contribution in [-0.2, 0) is 19.5 Å². The average molecular weight is 320 g/mol. The molecule has 3 aromatic rings. The minimum absolute atomic E-state index is 0.440. The molecule has 0 bridgehead atoms. The van der Waals surface area contributed by atoms with Gasteiger partial charge in [-0.3, -0.25) is 4.90 Å². The van der Waals surface area contributed by atoms with Gasteiger partial charge in [0.2, 0.25) is 5.95 Å². The fraction of sp³-hybridized carbons (Fsp3) is 0.211. The maximum Gasteiger partial charge on any atom is 0.212 e. The third-order valence-electron chi connectivity index (χ3n) is 4.24.